The van der Waals surface area contributed by atoms with Gasteiger partial charge in [0.15, 0.2) is 5.16 Å². The molecule has 0 bridgehead atoms. The van der Waals surface area contributed by atoms with Crippen molar-refractivity contribution in [2.24, 2.45) is 5.92 Å². The van der Waals surface area contributed by atoms with E-state index in [9.17, 15) is 9.18 Å². The Bertz CT molecular complexity index is 1020. The molecule has 6 heteroatoms. The Balaban J connectivity index is 2.00. The highest BCUT2D eigenvalue weighted by Gasteiger charge is 2.23. The van der Waals surface area contributed by atoms with E-state index in [1.165, 1.54) is 27.3 Å². The van der Waals surface area contributed by atoms with Gasteiger partial charge in [-0.15, -0.1) is 11.3 Å². The quantitative estimate of drug-likeness (QED) is 0.454. The van der Waals surface area contributed by atoms with Crippen LogP contribution in [0.4, 0.5) is 4.39 Å². The largest absolute Gasteiger partial charge is 0.268 e. The van der Waals surface area contributed by atoms with Gasteiger partial charge in [0.2, 0.25) is 0 Å². The van der Waals surface area contributed by atoms with Crippen molar-refractivity contribution in [3.8, 4) is 5.69 Å². The lowest BCUT2D eigenvalue weighted by atomic mass is 9.97. The lowest BCUT2D eigenvalue weighted by Crippen LogP contribution is -2.23. The van der Waals surface area contributed by atoms with E-state index < -0.39 is 5.82 Å². The van der Waals surface area contributed by atoms with E-state index in [1.807, 2.05) is 0 Å². The van der Waals surface area contributed by atoms with Crippen LogP contribution < -0.4 is 5.56 Å². The molecule has 0 radical (unpaired) electrons. The Morgan fingerprint density at radius 1 is 1.27 bits per heavy atom. The van der Waals surface area contributed by atoms with Gasteiger partial charge in [-0.1, -0.05) is 37.7 Å². The van der Waals surface area contributed by atoms with Crippen molar-refractivity contribution >= 4 is 33.3 Å². The van der Waals surface area contributed by atoms with Gasteiger partial charge in [-0.05, 0) is 49.3 Å². The standard InChI is InChI=1S/C20H21FN2OS2/c1-12(2)11-25-20-22-18-17(13-7-3-6-10-16(13)26-18)19(24)23(20)15-9-5-4-8-14(15)21/h4-5,8-9,12H,3,6-7,10-11H2,1-2H3. The van der Waals surface area contributed by atoms with Gasteiger partial charge in [0.1, 0.15) is 10.6 Å². The molecular weight excluding hydrogens is 367 g/mol. The van der Waals surface area contributed by atoms with Crippen LogP contribution in [0.2, 0.25) is 0 Å². The SMILES string of the molecule is CC(C)CSc1nc2sc3c(c2c(=O)n1-c1ccccc1F)CCCC3. The minimum atomic E-state index is -0.397. The molecule has 1 aliphatic rings. The first-order chi connectivity index (χ1) is 12.6. The summed E-state index contributed by atoms with van der Waals surface area (Å²) in [6.45, 7) is 4.25. The number of hydrogen-bond acceptors (Lipinski definition) is 4. The summed E-state index contributed by atoms with van der Waals surface area (Å²) in [5.74, 6) is 0.891. The average molecular weight is 389 g/mol. The normalized spacial score (nSPS) is 14.2. The van der Waals surface area contributed by atoms with Crippen LogP contribution in [0.25, 0.3) is 15.9 Å². The van der Waals surface area contributed by atoms with Crippen molar-refractivity contribution in [3.05, 3.63) is 50.9 Å². The minimum Gasteiger partial charge on any atom is -0.268 e. The molecule has 1 aliphatic carbocycles. The van der Waals surface area contributed by atoms with E-state index in [1.54, 1.807) is 29.5 Å². The topological polar surface area (TPSA) is 34.9 Å². The maximum Gasteiger partial charge on any atom is 0.267 e. The third-order valence-corrected chi connectivity index (χ3v) is 7.15. The van der Waals surface area contributed by atoms with Crippen molar-refractivity contribution in [1.29, 1.82) is 0 Å². The lowest BCUT2D eigenvalue weighted by Gasteiger charge is -2.14. The van der Waals surface area contributed by atoms with Crippen LogP contribution in [0.3, 0.4) is 0 Å². The number of thiophene rings is 1. The second-order valence-electron chi connectivity index (χ2n) is 7.08. The zero-order valence-corrected chi connectivity index (χ0v) is 16.6. The summed E-state index contributed by atoms with van der Waals surface area (Å²) in [6.07, 6.45) is 4.20. The molecule has 2 heterocycles. The van der Waals surface area contributed by atoms with Crippen molar-refractivity contribution in [2.75, 3.05) is 5.75 Å². The average Bonchev–Trinajstić information content (AvgIpc) is 2.99. The summed E-state index contributed by atoms with van der Waals surface area (Å²) in [4.78, 5) is 20.3. The van der Waals surface area contributed by atoms with E-state index in [0.29, 0.717) is 16.5 Å². The molecule has 0 amide bonds. The zero-order valence-electron chi connectivity index (χ0n) is 14.9. The number of aromatic nitrogens is 2. The van der Waals surface area contributed by atoms with Gasteiger partial charge in [0.25, 0.3) is 5.56 Å². The van der Waals surface area contributed by atoms with E-state index in [0.717, 1.165) is 41.8 Å². The third kappa shape index (κ3) is 3.09. The molecular formula is C20H21FN2OS2. The molecule has 3 nitrogen and oxygen atoms in total. The molecule has 0 spiro atoms. The molecule has 0 N–H and O–H groups in total. The van der Waals surface area contributed by atoms with Crippen LogP contribution >= 0.6 is 23.1 Å². The minimum absolute atomic E-state index is 0.134. The van der Waals surface area contributed by atoms with Gasteiger partial charge in [-0.25, -0.2) is 9.37 Å². The first-order valence-electron chi connectivity index (χ1n) is 9.01. The Morgan fingerprint density at radius 3 is 2.81 bits per heavy atom. The zero-order chi connectivity index (χ0) is 18.3. The molecule has 0 aliphatic heterocycles. The lowest BCUT2D eigenvalue weighted by molar-refractivity contribution is 0.608. The van der Waals surface area contributed by atoms with Crippen LogP contribution in [0.1, 0.15) is 37.1 Å². The number of aryl methyl sites for hydroxylation is 2. The van der Waals surface area contributed by atoms with E-state index in [4.69, 9.17) is 4.98 Å². The Morgan fingerprint density at radius 2 is 2.04 bits per heavy atom. The molecule has 1 aromatic carbocycles. The molecule has 0 saturated carbocycles. The second kappa shape index (κ2) is 7.16. The Kier molecular flexibility index (Phi) is 4.88. The molecule has 2 aromatic heterocycles. The van der Waals surface area contributed by atoms with Crippen molar-refractivity contribution < 1.29 is 4.39 Å². The van der Waals surface area contributed by atoms with Gasteiger partial charge < -0.3 is 0 Å². The van der Waals surface area contributed by atoms with Crippen LogP contribution in [-0.4, -0.2) is 15.3 Å². The van der Waals surface area contributed by atoms with E-state index >= 15 is 0 Å². The molecule has 0 unspecified atom stereocenters. The first-order valence-corrected chi connectivity index (χ1v) is 10.8. The van der Waals surface area contributed by atoms with Gasteiger partial charge in [-0.2, -0.15) is 0 Å². The van der Waals surface area contributed by atoms with Crippen LogP contribution in [0, 0.1) is 11.7 Å². The fourth-order valence-corrected chi connectivity index (χ4v) is 5.63. The smallest absolute Gasteiger partial charge is 0.267 e. The molecule has 136 valence electrons. The van der Waals surface area contributed by atoms with Gasteiger partial charge in [-0.3, -0.25) is 9.36 Å². The summed E-state index contributed by atoms with van der Waals surface area (Å²) in [7, 11) is 0. The summed E-state index contributed by atoms with van der Waals surface area (Å²) in [5.41, 5.74) is 1.29. The monoisotopic (exact) mass is 388 g/mol. The number of hydrogen-bond donors (Lipinski definition) is 0. The predicted molar refractivity (Wildman–Crippen MR) is 107 cm³/mol. The number of benzene rings is 1. The predicted octanol–water partition coefficient (Wildman–Crippen LogP) is 5.21. The van der Waals surface area contributed by atoms with Crippen LogP contribution in [0.5, 0.6) is 0 Å². The highest BCUT2D eigenvalue weighted by molar-refractivity contribution is 7.99. The molecule has 4 rings (SSSR count). The number of halogens is 1. The Hall–Kier alpha value is -1.66. The Labute approximate surface area is 160 Å². The maximum absolute atomic E-state index is 14.5. The van der Waals surface area contributed by atoms with Crippen LogP contribution in [-0.2, 0) is 12.8 Å². The number of fused-ring (bicyclic) bond motifs is 3. The fourth-order valence-electron chi connectivity index (χ4n) is 3.37. The summed E-state index contributed by atoms with van der Waals surface area (Å²) in [5, 5.41) is 1.28. The van der Waals surface area contributed by atoms with Gasteiger partial charge in [0.05, 0.1) is 11.1 Å². The van der Waals surface area contributed by atoms with Crippen molar-refractivity contribution in [2.45, 2.75) is 44.7 Å². The molecule has 0 saturated heterocycles. The van der Waals surface area contributed by atoms with Crippen molar-refractivity contribution in [3.63, 3.8) is 0 Å². The van der Waals surface area contributed by atoms with E-state index in [2.05, 4.69) is 13.8 Å². The molecule has 0 atom stereocenters. The van der Waals surface area contributed by atoms with Gasteiger partial charge >= 0.3 is 0 Å². The number of rotatable bonds is 4. The molecule has 3 aromatic rings. The van der Waals surface area contributed by atoms with Crippen LogP contribution in [0.15, 0.2) is 34.2 Å². The highest BCUT2D eigenvalue weighted by atomic mass is 32.2. The van der Waals surface area contributed by atoms with Crippen molar-refractivity contribution in [1.82, 2.24) is 9.55 Å². The number of thioether (sulfide) groups is 1. The summed E-state index contributed by atoms with van der Waals surface area (Å²) < 4.78 is 16.0. The summed E-state index contributed by atoms with van der Waals surface area (Å²) in [6, 6.07) is 6.45. The number of para-hydroxylation sites is 1. The molecule has 0 fully saturated rings. The second-order valence-corrected chi connectivity index (χ2v) is 9.15. The highest BCUT2D eigenvalue weighted by Crippen LogP contribution is 2.35. The third-order valence-electron chi connectivity index (χ3n) is 4.60. The first kappa shape index (κ1) is 17.7. The molecule has 26 heavy (non-hydrogen) atoms. The maximum atomic E-state index is 14.5. The van der Waals surface area contributed by atoms with E-state index in [-0.39, 0.29) is 11.2 Å². The fraction of sp³-hybridized carbons (Fsp3) is 0.400. The number of nitrogens with zero attached hydrogens (tertiary/aromatic N) is 2. The van der Waals surface area contributed by atoms with Gasteiger partial charge in [0, 0.05) is 10.6 Å². The summed E-state index contributed by atoms with van der Waals surface area (Å²) >= 11 is 3.16.